The Labute approximate surface area is 113 Å². The summed E-state index contributed by atoms with van der Waals surface area (Å²) in [6.45, 7) is 4.73. The molecule has 2 aromatic rings. The van der Waals surface area contributed by atoms with Crippen molar-refractivity contribution in [2.24, 2.45) is 5.84 Å². The third kappa shape index (κ3) is 3.36. The minimum Gasteiger partial charge on any atom is -0.494 e. The van der Waals surface area contributed by atoms with Gasteiger partial charge in [0, 0.05) is 0 Å². The number of nitrogens with one attached hydrogen (secondary N) is 1. The van der Waals surface area contributed by atoms with Gasteiger partial charge < -0.3 is 9.15 Å². The Balaban J connectivity index is 2.15. The molecule has 1 aromatic heterocycles. The molecule has 0 saturated heterocycles. The van der Waals surface area contributed by atoms with E-state index >= 15 is 0 Å². The van der Waals surface area contributed by atoms with E-state index in [2.05, 4.69) is 12.3 Å². The minimum absolute atomic E-state index is 0.145. The third-order valence-electron chi connectivity index (χ3n) is 2.90. The number of aryl methyl sites for hydroxylation is 1. The average Bonchev–Trinajstić information content (AvgIpc) is 2.85. The lowest BCUT2D eigenvalue weighted by Gasteiger charge is -2.14. The number of hydrazine groups is 1. The highest BCUT2D eigenvalue weighted by atomic mass is 16.5. The molecular weight excluding hydrogens is 240 g/mol. The maximum Gasteiger partial charge on any atom is 0.126 e. The number of hydrogen-bond acceptors (Lipinski definition) is 4. The predicted molar refractivity (Wildman–Crippen MR) is 74.8 cm³/mol. The standard InChI is InChI=1S/C15H20N2O2/c1-3-10-18-13-7-5-12(6-8-13)15(17-16)14-9-4-11(2)19-14/h4-9,15,17H,3,10,16H2,1-2H3. The van der Waals surface area contributed by atoms with Gasteiger partial charge in [-0.2, -0.15) is 0 Å². The monoisotopic (exact) mass is 260 g/mol. The highest BCUT2D eigenvalue weighted by molar-refractivity contribution is 5.32. The first-order valence-corrected chi connectivity index (χ1v) is 6.49. The molecule has 1 unspecified atom stereocenters. The van der Waals surface area contributed by atoms with Crippen LogP contribution < -0.4 is 16.0 Å². The van der Waals surface area contributed by atoms with Crippen molar-refractivity contribution in [2.45, 2.75) is 26.3 Å². The van der Waals surface area contributed by atoms with Crippen LogP contribution in [0.5, 0.6) is 5.75 Å². The lowest BCUT2D eigenvalue weighted by Crippen LogP contribution is -2.28. The lowest BCUT2D eigenvalue weighted by molar-refractivity contribution is 0.317. The number of benzene rings is 1. The Morgan fingerprint density at radius 3 is 2.47 bits per heavy atom. The summed E-state index contributed by atoms with van der Waals surface area (Å²) in [5.74, 6) is 8.18. The molecule has 0 aliphatic heterocycles. The van der Waals surface area contributed by atoms with E-state index in [1.807, 2.05) is 43.3 Å². The summed E-state index contributed by atoms with van der Waals surface area (Å²) in [6, 6.07) is 11.6. The van der Waals surface area contributed by atoms with Gasteiger partial charge in [-0.05, 0) is 43.2 Å². The fraction of sp³-hybridized carbons (Fsp3) is 0.333. The van der Waals surface area contributed by atoms with Gasteiger partial charge in [0.15, 0.2) is 0 Å². The molecule has 0 bridgehead atoms. The quantitative estimate of drug-likeness (QED) is 0.619. The SMILES string of the molecule is CCCOc1ccc(C(NN)c2ccc(C)o2)cc1. The summed E-state index contributed by atoms with van der Waals surface area (Å²) in [4.78, 5) is 0. The number of nitrogens with two attached hydrogens (primary N) is 1. The smallest absolute Gasteiger partial charge is 0.126 e. The molecule has 0 radical (unpaired) electrons. The van der Waals surface area contributed by atoms with E-state index in [0.29, 0.717) is 0 Å². The summed E-state index contributed by atoms with van der Waals surface area (Å²) < 4.78 is 11.2. The van der Waals surface area contributed by atoms with Gasteiger partial charge in [0.05, 0.1) is 6.61 Å². The van der Waals surface area contributed by atoms with Gasteiger partial charge in [-0.15, -0.1) is 0 Å². The van der Waals surface area contributed by atoms with Crippen molar-refractivity contribution in [3.05, 3.63) is 53.5 Å². The number of ether oxygens (including phenoxy) is 1. The number of hydrogen-bond donors (Lipinski definition) is 2. The highest BCUT2D eigenvalue weighted by Crippen LogP contribution is 2.25. The fourth-order valence-corrected chi connectivity index (χ4v) is 1.93. The molecule has 0 fully saturated rings. The topological polar surface area (TPSA) is 60.4 Å². The second-order valence-corrected chi connectivity index (χ2v) is 4.47. The summed E-state index contributed by atoms with van der Waals surface area (Å²) in [5.41, 5.74) is 3.82. The average molecular weight is 260 g/mol. The normalized spacial score (nSPS) is 12.4. The van der Waals surface area contributed by atoms with Crippen LogP contribution in [0.15, 0.2) is 40.8 Å². The molecule has 2 rings (SSSR count). The molecule has 0 aliphatic rings. The molecule has 4 nitrogen and oxygen atoms in total. The molecule has 0 saturated carbocycles. The molecule has 3 N–H and O–H groups in total. The van der Waals surface area contributed by atoms with Gasteiger partial charge in [0.2, 0.25) is 0 Å². The van der Waals surface area contributed by atoms with Crippen molar-refractivity contribution in [3.63, 3.8) is 0 Å². The Kier molecular flexibility index (Phi) is 4.60. The van der Waals surface area contributed by atoms with Crippen molar-refractivity contribution in [3.8, 4) is 5.75 Å². The summed E-state index contributed by atoms with van der Waals surface area (Å²) >= 11 is 0. The molecule has 4 heteroatoms. The van der Waals surface area contributed by atoms with Crippen LogP contribution in [0.1, 0.15) is 36.5 Å². The number of furan rings is 1. The molecule has 0 aliphatic carbocycles. The molecule has 1 heterocycles. The van der Waals surface area contributed by atoms with Crippen LogP contribution in [0.3, 0.4) is 0 Å². The zero-order chi connectivity index (χ0) is 13.7. The first-order chi connectivity index (χ1) is 9.24. The summed E-state index contributed by atoms with van der Waals surface area (Å²) in [5, 5.41) is 0. The zero-order valence-electron chi connectivity index (χ0n) is 11.3. The molecule has 1 atom stereocenters. The molecule has 19 heavy (non-hydrogen) atoms. The van der Waals surface area contributed by atoms with E-state index in [4.69, 9.17) is 15.0 Å². The first-order valence-electron chi connectivity index (χ1n) is 6.49. The molecular formula is C15H20N2O2. The van der Waals surface area contributed by atoms with Crippen molar-refractivity contribution < 1.29 is 9.15 Å². The van der Waals surface area contributed by atoms with Crippen molar-refractivity contribution in [1.82, 2.24) is 5.43 Å². The molecule has 1 aromatic carbocycles. The first kappa shape index (κ1) is 13.6. The molecule has 102 valence electrons. The van der Waals surface area contributed by atoms with Crippen molar-refractivity contribution in [2.75, 3.05) is 6.61 Å². The second kappa shape index (κ2) is 6.41. The van der Waals surface area contributed by atoms with Gasteiger partial charge >= 0.3 is 0 Å². The minimum atomic E-state index is -0.145. The zero-order valence-corrected chi connectivity index (χ0v) is 11.3. The third-order valence-corrected chi connectivity index (χ3v) is 2.90. The van der Waals surface area contributed by atoms with Crippen molar-refractivity contribution >= 4 is 0 Å². The van der Waals surface area contributed by atoms with Gasteiger partial charge in [-0.3, -0.25) is 5.84 Å². The van der Waals surface area contributed by atoms with E-state index in [1.54, 1.807) is 0 Å². The fourth-order valence-electron chi connectivity index (χ4n) is 1.93. The van der Waals surface area contributed by atoms with Crippen LogP contribution in [-0.2, 0) is 0 Å². The van der Waals surface area contributed by atoms with Crippen LogP contribution in [0, 0.1) is 6.92 Å². The maximum atomic E-state index is 5.62. The number of rotatable bonds is 6. The van der Waals surface area contributed by atoms with Crippen molar-refractivity contribution in [1.29, 1.82) is 0 Å². The van der Waals surface area contributed by atoms with E-state index < -0.39 is 0 Å². The predicted octanol–water partition coefficient (Wildman–Crippen LogP) is 2.93. The van der Waals surface area contributed by atoms with Gasteiger partial charge in [0.25, 0.3) is 0 Å². The largest absolute Gasteiger partial charge is 0.494 e. The second-order valence-electron chi connectivity index (χ2n) is 4.47. The van der Waals surface area contributed by atoms with Gasteiger partial charge in [-0.25, -0.2) is 5.43 Å². The van der Waals surface area contributed by atoms with Crippen LogP contribution in [-0.4, -0.2) is 6.61 Å². The van der Waals surface area contributed by atoms with Gasteiger partial charge in [0.1, 0.15) is 23.3 Å². The van der Waals surface area contributed by atoms with Crippen LogP contribution in [0.4, 0.5) is 0 Å². The van der Waals surface area contributed by atoms with Crippen LogP contribution in [0.2, 0.25) is 0 Å². The Morgan fingerprint density at radius 2 is 1.95 bits per heavy atom. The lowest BCUT2D eigenvalue weighted by atomic mass is 10.1. The molecule has 0 spiro atoms. The van der Waals surface area contributed by atoms with Crippen LogP contribution in [0.25, 0.3) is 0 Å². The van der Waals surface area contributed by atoms with E-state index in [9.17, 15) is 0 Å². The van der Waals surface area contributed by atoms with Crippen LogP contribution >= 0.6 is 0 Å². The van der Waals surface area contributed by atoms with E-state index in [1.165, 1.54) is 0 Å². The maximum absolute atomic E-state index is 5.62. The van der Waals surface area contributed by atoms with E-state index in [0.717, 1.165) is 35.9 Å². The molecule has 0 amide bonds. The Morgan fingerprint density at radius 1 is 1.21 bits per heavy atom. The Hall–Kier alpha value is -1.78. The summed E-state index contributed by atoms with van der Waals surface area (Å²) in [6.07, 6.45) is 1.00. The van der Waals surface area contributed by atoms with E-state index in [-0.39, 0.29) is 6.04 Å². The van der Waals surface area contributed by atoms with Gasteiger partial charge in [-0.1, -0.05) is 19.1 Å². The summed E-state index contributed by atoms with van der Waals surface area (Å²) in [7, 11) is 0. The highest BCUT2D eigenvalue weighted by Gasteiger charge is 2.15. The Bertz CT molecular complexity index is 505.